The van der Waals surface area contributed by atoms with Crippen molar-refractivity contribution in [1.82, 2.24) is 9.38 Å². The molecule has 0 bridgehead atoms. The first-order valence-electron chi connectivity index (χ1n) is 5.73. The second kappa shape index (κ2) is 5.10. The van der Waals surface area contributed by atoms with Crippen molar-refractivity contribution < 1.29 is 4.92 Å². The van der Waals surface area contributed by atoms with Crippen LogP contribution < -0.4 is 5.32 Å². The molecule has 0 saturated carbocycles. The molecule has 2 aromatic heterocycles. The van der Waals surface area contributed by atoms with Gasteiger partial charge >= 0.3 is 5.82 Å². The summed E-state index contributed by atoms with van der Waals surface area (Å²) in [6.07, 6.45) is 1.63. The lowest BCUT2D eigenvalue weighted by Gasteiger charge is -2.04. The molecule has 0 spiro atoms. The van der Waals surface area contributed by atoms with E-state index in [9.17, 15) is 10.1 Å². The Kier molecular flexibility index (Phi) is 3.29. The number of aromatic nitrogens is 2. The van der Waals surface area contributed by atoms with Crippen LogP contribution in [-0.2, 0) is 6.54 Å². The van der Waals surface area contributed by atoms with Gasteiger partial charge in [-0.3, -0.25) is 0 Å². The number of benzene rings is 1. The van der Waals surface area contributed by atoms with Gasteiger partial charge in [-0.25, -0.2) is 0 Å². The molecule has 3 rings (SSSR count). The fourth-order valence-electron chi connectivity index (χ4n) is 1.90. The van der Waals surface area contributed by atoms with Gasteiger partial charge in [0.05, 0.1) is 0 Å². The number of halogens is 1. The summed E-state index contributed by atoms with van der Waals surface area (Å²) < 4.78 is 1.46. The summed E-state index contributed by atoms with van der Waals surface area (Å²) in [7, 11) is 0. The topological polar surface area (TPSA) is 72.5 Å². The van der Waals surface area contributed by atoms with Crippen LogP contribution in [0.4, 0.5) is 11.6 Å². The number of nitrogens with one attached hydrogen (secondary N) is 1. The normalized spacial score (nSPS) is 10.8. The average molecular weight is 309 g/mol. The maximum atomic E-state index is 11.1. The van der Waals surface area contributed by atoms with Crippen LogP contribution >= 0.6 is 22.9 Å². The molecule has 102 valence electrons. The summed E-state index contributed by atoms with van der Waals surface area (Å²) in [5, 5.41) is 16.5. The molecular formula is C12H9ClN4O2S. The van der Waals surface area contributed by atoms with Gasteiger partial charge in [-0.05, 0) is 22.6 Å². The van der Waals surface area contributed by atoms with Crippen molar-refractivity contribution in [2.24, 2.45) is 0 Å². The van der Waals surface area contributed by atoms with Crippen LogP contribution in [0.3, 0.4) is 0 Å². The van der Waals surface area contributed by atoms with E-state index >= 15 is 0 Å². The lowest BCUT2D eigenvalue weighted by molar-refractivity contribution is -0.389. The van der Waals surface area contributed by atoms with Crippen LogP contribution in [0, 0.1) is 10.1 Å². The molecule has 8 heteroatoms. The molecule has 1 N–H and O–H groups in total. The molecule has 0 fully saturated rings. The maximum Gasteiger partial charge on any atom is 0.372 e. The molecule has 0 unspecified atom stereocenters. The highest BCUT2D eigenvalue weighted by Gasteiger charge is 2.23. The summed E-state index contributed by atoms with van der Waals surface area (Å²) >= 11 is 7.25. The Balaban J connectivity index is 1.89. The van der Waals surface area contributed by atoms with Gasteiger partial charge in [-0.1, -0.05) is 35.1 Å². The van der Waals surface area contributed by atoms with E-state index < -0.39 is 4.92 Å². The first-order chi connectivity index (χ1) is 9.65. The molecule has 6 nitrogen and oxygen atoms in total. The molecule has 0 radical (unpaired) electrons. The maximum absolute atomic E-state index is 11.1. The number of nitrogens with zero attached hydrogens (tertiary/aromatic N) is 3. The lowest BCUT2D eigenvalue weighted by Crippen LogP contribution is -2.03. The zero-order chi connectivity index (χ0) is 14.1. The van der Waals surface area contributed by atoms with E-state index in [4.69, 9.17) is 11.6 Å². The summed E-state index contributed by atoms with van der Waals surface area (Å²) in [6, 6.07) is 7.31. The molecule has 3 aromatic rings. The molecule has 20 heavy (non-hydrogen) atoms. The van der Waals surface area contributed by atoms with Crippen LogP contribution in [0.1, 0.15) is 5.56 Å². The first-order valence-corrected chi connectivity index (χ1v) is 6.99. The number of fused-ring (bicyclic) bond motifs is 1. The molecule has 1 aromatic carbocycles. The minimum Gasteiger partial charge on any atom is -0.359 e. The van der Waals surface area contributed by atoms with Crippen molar-refractivity contribution in [3.05, 3.63) is 56.5 Å². The number of imidazole rings is 1. The molecule has 0 atom stereocenters. The van der Waals surface area contributed by atoms with Crippen LogP contribution in [0.25, 0.3) is 4.96 Å². The Bertz CT molecular complexity index is 783. The van der Waals surface area contributed by atoms with E-state index in [1.807, 2.05) is 12.1 Å². The monoisotopic (exact) mass is 308 g/mol. The molecule has 0 aliphatic heterocycles. The zero-order valence-electron chi connectivity index (χ0n) is 10.1. The minimum atomic E-state index is -0.437. The standard InChI is InChI=1S/C12H9ClN4O2S/c13-9-3-1-2-8(6-9)7-14-10-11(17(18)19)16-4-5-20-12(16)15-10/h1-6,14H,7H2. The van der Waals surface area contributed by atoms with Crippen LogP contribution in [0.5, 0.6) is 0 Å². The number of hydrogen-bond donors (Lipinski definition) is 1. The van der Waals surface area contributed by atoms with Gasteiger partial charge < -0.3 is 15.4 Å². The fraction of sp³-hybridized carbons (Fsp3) is 0.0833. The second-order valence-corrected chi connectivity index (χ2v) is 5.39. The molecule has 2 heterocycles. The largest absolute Gasteiger partial charge is 0.372 e. The molecular weight excluding hydrogens is 300 g/mol. The van der Waals surface area contributed by atoms with E-state index in [-0.39, 0.29) is 11.6 Å². The number of nitro groups is 1. The predicted octanol–water partition coefficient (Wildman–Crippen LogP) is 3.57. The third kappa shape index (κ3) is 2.33. The average Bonchev–Trinajstić information content (AvgIpc) is 2.95. The van der Waals surface area contributed by atoms with Gasteiger partial charge in [0.1, 0.15) is 6.20 Å². The number of hydrogen-bond acceptors (Lipinski definition) is 5. The molecule has 0 aliphatic carbocycles. The van der Waals surface area contributed by atoms with E-state index in [1.54, 1.807) is 23.7 Å². The third-order valence-electron chi connectivity index (χ3n) is 2.76. The summed E-state index contributed by atoms with van der Waals surface area (Å²) in [5.74, 6) is 0.213. The van der Waals surface area contributed by atoms with Crippen molar-refractivity contribution in [3.63, 3.8) is 0 Å². The van der Waals surface area contributed by atoms with Gasteiger partial charge in [-0.15, -0.1) is 0 Å². The van der Waals surface area contributed by atoms with E-state index in [1.165, 1.54) is 15.7 Å². The predicted molar refractivity (Wildman–Crippen MR) is 78.5 cm³/mol. The Morgan fingerprint density at radius 1 is 1.50 bits per heavy atom. The summed E-state index contributed by atoms with van der Waals surface area (Å²) in [5.41, 5.74) is 0.933. The lowest BCUT2D eigenvalue weighted by atomic mass is 10.2. The third-order valence-corrected chi connectivity index (χ3v) is 3.75. The summed E-state index contributed by atoms with van der Waals surface area (Å²) in [4.78, 5) is 15.5. The van der Waals surface area contributed by atoms with Gasteiger partial charge in [-0.2, -0.15) is 9.38 Å². The highest BCUT2D eigenvalue weighted by atomic mass is 35.5. The van der Waals surface area contributed by atoms with Gasteiger partial charge in [0.15, 0.2) is 0 Å². The summed E-state index contributed by atoms with van der Waals surface area (Å²) in [6.45, 7) is 0.423. The fourth-order valence-corrected chi connectivity index (χ4v) is 2.82. The van der Waals surface area contributed by atoms with Crippen molar-refractivity contribution >= 4 is 39.5 Å². The Hall–Kier alpha value is -2.12. The van der Waals surface area contributed by atoms with Crippen molar-refractivity contribution in [2.75, 3.05) is 5.32 Å². The van der Waals surface area contributed by atoms with E-state index in [0.29, 0.717) is 16.5 Å². The first kappa shape index (κ1) is 12.9. The van der Waals surface area contributed by atoms with Crippen LogP contribution in [-0.4, -0.2) is 14.3 Å². The Labute approximate surface area is 122 Å². The molecule has 0 saturated heterocycles. The number of rotatable bonds is 4. The molecule has 0 amide bonds. The van der Waals surface area contributed by atoms with Crippen molar-refractivity contribution in [3.8, 4) is 0 Å². The van der Waals surface area contributed by atoms with Crippen LogP contribution in [0.2, 0.25) is 5.02 Å². The quantitative estimate of drug-likeness (QED) is 0.590. The highest BCUT2D eigenvalue weighted by molar-refractivity contribution is 7.15. The Morgan fingerprint density at radius 2 is 2.35 bits per heavy atom. The smallest absolute Gasteiger partial charge is 0.359 e. The van der Waals surface area contributed by atoms with Crippen molar-refractivity contribution in [1.29, 1.82) is 0 Å². The van der Waals surface area contributed by atoms with E-state index in [0.717, 1.165) is 5.56 Å². The minimum absolute atomic E-state index is 0.0525. The second-order valence-electron chi connectivity index (χ2n) is 4.08. The van der Waals surface area contributed by atoms with Crippen molar-refractivity contribution in [2.45, 2.75) is 6.54 Å². The SMILES string of the molecule is O=[N+]([O-])c1c(NCc2cccc(Cl)c2)nc2sccn12. The van der Waals surface area contributed by atoms with Gasteiger partial charge in [0, 0.05) is 16.9 Å². The van der Waals surface area contributed by atoms with E-state index in [2.05, 4.69) is 10.3 Å². The number of anilines is 1. The van der Waals surface area contributed by atoms with Gasteiger partial charge in [0.25, 0.3) is 4.96 Å². The molecule has 0 aliphatic rings. The number of thiazole rings is 1. The Morgan fingerprint density at radius 3 is 3.10 bits per heavy atom. The van der Waals surface area contributed by atoms with Gasteiger partial charge in [0.2, 0.25) is 5.82 Å². The highest BCUT2D eigenvalue weighted by Crippen LogP contribution is 2.28. The van der Waals surface area contributed by atoms with Crippen LogP contribution in [0.15, 0.2) is 35.8 Å². The zero-order valence-corrected chi connectivity index (χ0v) is 11.7.